The number of amides is 2. The van der Waals surface area contributed by atoms with Crippen molar-refractivity contribution in [3.8, 4) is 0 Å². The van der Waals surface area contributed by atoms with Crippen LogP contribution in [-0.4, -0.2) is 50.3 Å². The molecule has 0 aromatic carbocycles. The summed E-state index contributed by atoms with van der Waals surface area (Å²) in [6.45, 7) is 3.65. The number of aliphatic carboxylic acids is 1. The minimum atomic E-state index is -2.01. The minimum Gasteiger partial charge on any atom is -0.478 e. The Morgan fingerprint density at radius 3 is 1.48 bits per heavy atom. The highest BCUT2D eigenvalue weighted by Gasteiger charge is 2.36. The van der Waals surface area contributed by atoms with E-state index in [0.29, 0.717) is 0 Å². The zero-order chi connectivity index (χ0) is 16.6. The largest absolute Gasteiger partial charge is 0.478 e. The van der Waals surface area contributed by atoms with Crippen LogP contribution in [0.25, 0.3) is 0 Å². The molecule has 0 aliphatic heterocycles. The molecule has 0 fully saturated rings. The Bertz CT molecular complexity index is 434. The molecule has 0 rings (SSSR count). The normalized spacial score (nSPS) is 10.6. The van der Waals surface area contributed by atoms with Crippen LogP contribution in [0.3, 0.4) is 0 Å². The summed E-state index contributed by atoms with van der Waals surface area (Å²) >= 11 is 1.44. The van der Waals surface area contributed by atoms with Crippen LogP contribution >= 0.6 is 23.5 Å². The molecular formula is C11H16N2O6S2. The molecule has 118 valence electrons. The number of thioether (sulfide) groups is 2. The molecular weight excluding hydrogens is 320 g/mol. The van der Waals surface area contributed by atoms with Crippen molar-refractivity contribution in [2.24, 2.45) is 0 Å². The average molecular weight is 336 g/mol. The fraction of sp³-hybridized carbons (Fsp3) is 0.545. The second kappa shape index (κ2) is 8.67. The lowest BCUT2D eigenvalue weighted by atomic mass is 10.2. The van der Waals surface area contributed by atoms with E-state index < -0.39 is 23.4 Å². The third-order valence-corrected chi connectivity index (χ3v) is 3.65. The van der Waals surface area contributed by atoms with Crippen LogP contribution in [-0.2, 0) is 24.0 Å². The Balaban J connectivity index is 4.65. The van der Waals surface area contributed by atoms with E-state index in [1.807, 2.05) is 0 Å². The van der Waals surface area contributed by atoms with Crippen molar-refractivity contribution in [3.05, 3.63) is 0 Å². The Morgan fingerprint density at radius 2 is 1.24 bits per heavy atom. The van der Waals surface area contributed by atoms with Crippen LogP contribution in [0, 0.1) is 0 Å². The first-order valence-electron chi connectivity index (χ1n) is 5.69. The lowest BCUT2D eigenvalue weighted by molar-refractivity contribution is -0.150. The van der Waals surface area contributed by atoms with E-state index >= 15 is 0 Å². The number of hydrogen-bond acceptors (Lipinski definition) is 7. The van der Waals surface area contributed by atoms with Crippen LogP contribution < -0.4 is 10.6 Å². The lowest BCUT2D eigenvalue weighted by Gasteiger charge is -2.27. The van der Waals surface area contributed by atoms with Gasteiger partial charge in [0.05, 0.1) is 11.5 Å². The molecule has 0 aromatic heterocycles. The van der Waals surface area contributed by atoms with Crippen molar-refractivity contribution in [3.63, 3.8) is 0 Å². The van der Waals surface area contributed by atoms with E-state index in [9.17, 15) is 24.0 Å². The Morgan fingerprint density at radius 1 is 0.905 bits per heavy atom. The van der Waals surface area contributed by atoms with E-state index in [1.165, 1.54) is 13.8 Å². The molecule has 0 aliphatic carbocycles. The SMILES string of the molecule is CC(=O)SCC(=O)NC(C)(NC(=O)CSC(C)=O)C(=O)O. The predicted octanol–water partition coefficient (Wildman–Crippen LogP) is -0.421. The van der Waals surface area contributed by atoms with Gasteiger partial charge in [-0.05, 0) is 6.92 Å². The molecule has 0 saturated carbocycles. The molecule has 0 radical (unpaired) electrons. The van der Waals surface area contributed by atoms with Crippen LogP contribution in [0.15, 0.2) is 0 Å². The van der Waals surface area contributed by atoms with E-state index in [4.69, 9.17) is 5.11 Å². The van der Waals surface area contributed by atoms with Gasteiger partial charge < -0.3 is 15.7 Å². The summed E-state index contributed by atoms with van der Waals surface area (Å²) in [4.78, 5) is 55.8. The van der Waals surface area contributed by atoms with Crippen LogP contribution in [0.2, 0.25) is 0 Å². The Hall–Kier alpha value is -1.55. The first-order chi connectivity index (χ1) is 9.56. The number of carbonyl (C=O) groups excluding carboxylic acids is 4. The monoisotopic (exact) mass is 336 g/mol. The van der Waals surface area contributed by atoms with E-state index in [-0.39, 0.29) is 21.7 Å². The van der Waals surface area contributed by atoms with E-state index in [2.05, 4.69) is 10.6 Å². The van der Waals surface area contributed by atoms with Gasteiger partial charge in [0.15, 0.2) is 10.2 Å². The first kappa shape index (κ1) is 19.4. The van der Waals surface area contributed by atoms with Crippen LogP contribution in [0.1, 0.15) is 20.8 Å². The molecule has 8 nitrogen and oxygen atoms in total. The molecule has 0 aliphatic rings. The summed E-state index contributed by atoms with van der Waals surface area (Å²) in [5.41, 5.74) is -2.01. The maximum Gasteiger partial charge on any atom is 0.350 e. The van der Waals surface area contributed by atoms with Crippen molar-refractivity contribution in [1.29, 1.82) is 0 Å². The molecule has 0 bridgehead atoms. The molecule has 21 heavy (non-hydrogen) atoms. The zero-order valence-electron chi connectivity index (χ0n) is 11.7. The number of rotatable bonds is 7. The van der Waals surface area contributed by atoms with Gasteiger partial charge in [-0.3, -0.25) is 19.2 Å². The second-order valence-electron chi connectivity index (χ2n) is 4.09. The van der Waals surface area contributed by atoms with Gasteiger partial charge in [0, 0.05) is 13.8 Å². The third-order valence-electron chi connectivity index (χ3n) is 2.02. The van der Waals surface area contributed by atoms with Gasteiger partial charge in [-0.25, -0.2) is 4.79 Å². The molecule has 2 amide bonds. The van der Waals surface area contributed by atoms with Gasteiger partial charge in [0.1, 0.15) is 0 Å². The van der Waals surface area contributed by atoms with Gasteiger partial charge in [-0.2, -0.15) is 0 Å². The smallest absolute Gasteiger partial charge is 0.350 e. The van der Waals surface area contributed by atoms with Crippen LogP contribution in [0.5, 0.6) is 0 Å². The van der Waals surface area contributed by atoms with Crippen molar-refractivity contribution < 1.29 is 29.1 Å². The molecule has 0 unspecified atom stereocenters. The molecule has 0 heterocycles. The van der Waals surface area contributed by atoms with Gasteiger partial charge in [-0.15, -0.1) is 0 Å². The minimum absolute atomic E-state index is 0.254. The number of nitrogens with one attached hydrogen (secondary N) is 2. The molecule has 3 N–H and O–H groups in total. The van der Waals surface area contributed by atoms with Gasteiger partial charge in [0.2, 0.25) is 17.5 Å². The van der Waals surface area contributed by atoms with Gasteiger partial charge >= 0.3 is 5.97 Å². The summed E-state index contributed by atoms with van der Waals surface area (Å²) in [5.74, 6) is -3.39. The average Bonchev–Trinajstić information content (AvgIpc) is 2.33. The number of hydrogen-bond donors (Lipinski definition) is 3. The van der Waals surface area contributed by atoms with Crippen LogP contribution in [0.4, 0.5) is 0 Å². The van der Waals surface area contributed by atoms with E-state index in [1.54, 1.807) is 0 Å². The Labute approximate surface area is 129 Å². The molecule has 10 heteroatoms. The predicted molar refractivity (Wildman–Crippen MR) is 78.6 cm³/mol. The van der Waals surface area contributed by atoms with Crippen molar-refractivity contribution in [2.45, 2.75) is 26.4 Å². The highest BCUT2D eigenvalue weighted by atomic mass is 32.2. The highest BCUT2D eigenvalue weighted by molar-refractivity contribution is 8.14. The molecule has 0 saturated heterocycles. The Kier molecular flexibility index (Phi) is 8.03. The fourth-order valence-corrected chi connectivity index (χ4v) is 1.92. The fourth-order valence-electron chi connectivity index (χ4n) is 1.10. The summed E-state index contributed by atoms with van der Waals surface area (Å²) in [6, 6.07) is 0. The zero-order valence-corrected chi connectivity index (χ0v) is 13.4. The van der Waals surface area contributed by atoms with Crippen molar-refractivity contribution in [2.75, 3.05) is 11.5 Å². The second-order valence-corrected chi connectivity index (χ2v) is 6.39. The summed E-state index contributed by atoms with van der Waals surface area (Å²) < 4.78 is 0. The lowest BCUT2D eigenvalue weighted by Crippen LogP contribution is -2.64. The van der Waals surface area contributed by atoms with Gasteiger partial charge in [-0.1, -0.05) is 23.5 Å². The van der Waals surface area contributed by atoms with Gasteiger partial charge in [0.25, 0.3) is 0 Å². The standard InChI is InChI=1S/C11H16N2O6S2/c1-6(14)20-4-8(16)12-11(3,10(18)19)13-9(17)5-21-7(2)15/h4-5H2,1-3H3,(H,12,16)(H,13,17)(H,18,19). The third kappa shape index (κ3) is 8.35. The molecule has 0 atom stereocenters. The summed E-state index contributed by atoms with van der Waals surface area (Å²) in [6.07, 6.45) is 0. The topological polar surface area (TPSA) is 130 Å². The van der Waals surface area contributed by atoms with Crippen molar-refractivity contribution in [1.82, 2.24) is 10.6 Å². The number of carboxylic acid groups (broad SMARTS) is 1. The van der Waals surface area contributed by atoms with E-state index in [0.717, 1.165) is 30.4 Å². The quantitative estimate of drug-likeness (QED) is 0.534. The summed E-state index contributed by atoms with van der Waals surface area (Å²) in [7, 11) is 0. The number of carboxylic acids is 1. The highest BCUT2D eigenvalue weighted by Crippen LogP contribution is 2.06. The molecule has 0 spiro atoms. The molecule has 0 aromatic rings. The van der Waals surface area contributed by atoms with Crippen molar-refractivity contribution >= 4 is 51.5 Å². The summed E-state index contributed by atoms with van der Waals surface area (Å²) in [5, 5.41) is 12.8. The maximum absolute atomic E-state index is 11.6. The maximum atomic E-state index is 11.6. The first-order valence-corrected chi connectivity index (χ1v) is 7.66. The number of carbonyl (C=O) groups is 5.